The van der Waals surface area contributed by atoms with Gasteiger partial charge in [0, 0.05) is 31.4 Å². The van der Waals surface area contributed by atoms with Crippen LogP contribution in [-0.4, -0.2) is 24.1 Å². The van der Waals surface area contributed by atoms with Crippen molar-refractivity contribution in [2.45, 2.75) is 58.0 Å². The van der Waals surface area contributed by atoms with Crippen molar-refractivity contribution in [1.82, 2.24) is 10.3 Å². The second-order valence-electron chi connectivity index (χ2n) is 5.92. The molecule has 0 radical (unpaired) electrons. The third-order valence-corrected chi connectivity index (χ3v) is 4.03. The van der Waals surface area contributed by atoms with Crippen molar-refractivity contribution in [3.8, 4) is 0 Å². The highest BCUT2D eigenvalue weighted by molar-refractivity contribution is 5.43. The predicted octanol–water partition coefficient (Wildman–Crippen LogP) is 2.89. The molecule has 3 rings (SSSR count). The molecule has 1 aromatic heterocycles. The third kappa shape index (κ3) is 3.47. The van der Waals surface area contributed by atoms with Gasteiger partial charge in [-0.25, -0.2) is 4.98 Å². The van der Waals surface area contributed by atoms with Gasteiger partial charge >= 0.3 is 0 Å². The molecule has 0 amide bonds. The van der Waals surface area contributed by atoms with Crippen molar-refractivity contribution < 1.29 is 0 Å². The molecule has 1 saturated heterocycles. The van der Waals surface area contributed by atoms with Crippen molar-refractivity contribution in [3.05, 3.63) is 23.4 Å². The molecule has 1 aliphatic carbocycles. The van der Waals surface area contributed by atoms with Crippen molar-refractivity contribution in [3.63, 3.8) is 0 Å². The van der Waals surface area contributed by atoms with Crippen LogP contribution in [0.15, 0.2) is 12.1 Å². The van der Waals surface area contributed by atoms with E-state index in [2.05, 4.69) is 29.3 Å². The maximum atomic E-state index is 4.85. The van der Waals surface area contributed by atoms with Gasteiger partial charge < -0.3 is 10.2 Å². The summed E-state index contributed by atoms with van der Waals surface area (Å²) in [4.78, 5) is 7.29. The Morgan fingerprint density at radius 1 is 1.26 bits per heavy atom. The van der Waals surface area contributed by atoms with Gasteiger partial charge in [-0.3, -0.25) is 0 Å². The Balaban J connectivity index is 1.75. The number of aryl methyl sites for hydroxylation is 1. The van der Waals surface area contributed by atoms with E-state index < -0.39 is 0 Å². The standard InChI is InChI=1S/C16H25N3/c1-2-5-15-10-13(12-17-14-6-7-14)11-16(18-15)19-8-3-4-9-19/h10-11,14,17H,2-9,12H2,1H3. The molecule has 0 bridgehead atoms. The Morgan fingerprint density at radius 3 is 2.74 bits per heavy atom. The first kappa shape index (κ1) is 12.9. The lowest BCUT2D eigenvalue weighted by Gasteiger charge is -2.18. The first-order valence-electron chi connectivity index (χ1n) is 7.83. The minimum absolute atomic E-state index is 0.776. The van der Waals surface area contributed by atoms with Crippen LogP contribution in [0.5, 0.6) is 0 Å². The molecular formula is C16H25N3. The molecule has 2 aliphatic rings. The van der Waals surface area contributed by atoms with Gasteiger partial charge in [-0.15, -0.1) is 0 Å². The molecule has 1 aromatic rings. The fraction of sp³-hybridized carbons (Fsp3) is 0.688. The minimum atomic E-state index is 0.776. The summed E-state index contributed by atoms with van der Waals surface area (Å²) in [5.74, 6) is 1.20. The molecular weight excluding hydrogens is 234 g/mol. The van der Waals surface area contributed by atoms with Crippen molar-refractivity contribution in [2.75, 3.05) is 18.0 Å². The summed E-state index contributed by atoms with van der Waals surface area (Å²) in [6.07, 6.45) is 7.60. The number of nitrogens with zero attached hydrogens (tertiary/aromatic N) is 2. The first-order valence-corrected chi connectivity index (χ1v) is 7.83. The molecule has 3 heteroatoms. The van der Waals surface area contributed by atoms with Gasteiger partial charge in [0.2, 0.25) is 0 Å². The van der Waals surface area contributed by atoms with E-state index in [9.17, 15) is 0 Å². The van der Waals surface area contributed by atoms with Gasteiger partial charge in [-0.2, -0.15) is 0 Å². The van der Waals surface area contributed by atoms with Crippen LogP contribution < -0.4 is 10.2 Å². The number of anilines is 1. The molecule has 0 aromatic carbocycles. The van der Waals surface area contributed by atoms with E-state index in [0.717, 1.165) is 19.0 Å². The number of aromatic nitrogens is 1. The van der Waals surface area contributed by atoms with E-state index >= 15 is 0 Å². The summed E-state index contributed by atoms with van der Waals surface area (Å²) in [6.45, 7) is 5.59. The van der Waals surface area contributed by atoms with Crippen molar-refractivity contribution >= 4 is 5.82 Å². The van der Waals surface area contributed by atoms with Gasteiger partial charge in [-0.1, -0.05) is 13.3 Å². The highest BCUT2D eigenvalue weighted by Crippen LogP contribution is 2.23. The monoisotopic (exact) mass is 259 g/mol. The lowest BCUT2D eigenvalue weighted by molar-refractivity contribution is 0.685. The lowest BCUT2D eigenvalue weighted by Crippen LogP contribution is -2.21. The molecule has 1 saturated carbocycles. The van der Waals surface area contributed by atoms with E-state index in [1.807, 2.05) is 0 Å². The molecule has 19 heavy (non-hydrogen) atoms. The van der Waals surface area contributed by atoms with Gasteiger partial charge in [0.05, 0.1) is 0 Å². The Bertz CT molecular complexity index is 420. The summed E-state index contributed by atoms with van der Waals surface area (Å²) < 4.78 is 0. The lowest BCUT2D eigenvalue weighted by atomic mass is 10.1. The van der Waals surface area contributed by atoms with E-state index in [4.69, 9.17) is 4.98 Å². The molecule has 1 aliphatic heterocycles. The highest BCUT2D eigenvalue weighted by Gasteiger charge is 2.20. The molecule has 104 valence electrons. The molecule has 2 heterocycles. The average molecular weight is 259 g/mol. The fourth-order valence-electron chi connectivity index (χ4n) is 2.78. The summed E-state index contributed by atoms with van der Waals surface area (Å²) in [5.41, 5.74) is 2.67. The SMILES string of the molecule is CCCc1cc(CNC2CC2)cc(N2CCCC2)n1. The number of pyridine rings is 1. The van der Waals surface area contributed by atoms with Crippen molar-refractivity contribution in [2.24, 2.45) is 0 Å². The zero-order chi connectivity index (χ0) is 13.1. The molecule has 0 unspecified atom stereocenters. The third-order valence-electron chi connectivity index (χ3n) is 4.03. The van der Waals surface area contributed by atoms with E-state index in [0.29, 0.717) is 0 Å². The van der Waals surface area contributed by atoms with Gasteiger partial charge in [-0.05, 0) is 49.8 Å². The van der Waals surface area contributed by atoms with Crippen LogP contribution in [0.1, 0.15) is 50.3 Å². The minimum Gasteiger partial charge on any atom is -0.357 e. The van der Waals surface area contributed by atoms with E-state index in [-0.39, 0.29) is 0 Å². The molecule has 3 nitrogen and oxygen atoms in total. The molecule has 1 N–H and O–H groups in total. The van der Waals surface area contributed by atoms with Gasteiger partial charge in [0.25, 0.3) is 0 Å². The van der Waals surface area contributed by atoms with Crippen LogP contribution in [-0.2, 0) is 13.0 Å². The number of rotatable bonds is 6. The largest absolute Gasteiger partial charge is 0.357 e. The summed E-state index contributed by atoms with van der Waals surface area (Å²) in [5, 5.41) is 3.61. The predicted molar refractivity (Wildman–Crippen MR) is 79.5 cm³/mol. The Kier molecular flexibility index (Phi) is 4.02. The number of hydrogen-bond acceptors (Lipinski definition) is 3. The second-order valence-corrected chi connectivity index (χ2v) is 5.92. The van der Waals surface area contributed by atoms with Gasteiger partial charge in [0.15, 0.2) is 0 Å². The Hall–Kier alpha value is -1.09. The van der Waals surface area contributed by atoms with Crippen LogP contribution >= 0.6 is 0 Å². The van der Waals surface area contributed by atoms with Crippen LogP contribution in [0.4, 0.5) is 5.82 Å². The number of hydrogen-bond donors (Lipinski definition) is 1. The maximum Gasteiger partial charge on any atom is 0.129 e. The van der Waals surface area contributed by atoms with Gasteiger partial charge in [0.1, 0.15) is 5.82 Å². The molecule has 0 atom stereocenters. The maximum absolute atomic E-state index is 4.85. The quantitative estimate of drug-likeness (QED) is 0.851. The van der Waals surface area contributed by atoms with Crippen molar-refractivity contribution in [1.29, 1.82) is 0 Å². The average Bonchev–Trinajstić information content (AvgIpc) is 3.08. The zero-order valence-corrected chi connectivity index (χ0v) is 12.0. The van der Waals surface area contributed by atoms with E-state index in [1.54, 1.807) is 0 Å². The van der Waals surface area contributed by atoms with Crippen LogP contribution in [0.2, 0.25) is 0 Å². The Labute approximate surface area is 116 Å². The first-order chi connectivity index (χ1) is 9.35. The van der Waals surface area contributed by atoms with Crippen LogP contribution in [0.3, 0.4) is 0 Å². The van der Waals surface area contributed by atoms with E-state index in [1.165, 1.54) is 62.3 Å². The fourth-order valence-corrected chi connectivity index (χ4v) is 2.78. The molecule has 2 fully saturated rings. The Morgan fingerprint density at radius 2 is 2.05 bits per heavy atom. The van der Waals surface area contributed by atoms with Crippen LogP contribution in [0, 0.1) is 0 Å². The second kappa shape index (κ2) is 5.91. The normalized spacial score (nSPS) is 19.1. The summed E-state index contributed by atoms with van der Waals surface area (Å²) in [7, 11) is 0. The molecule has 0 spiro atoms. The zero-order valence-electron chi connectivity index (χ0n) is 12.0. The topological polar surface area (TPSA) is 28.2 Å². The smallest absolute Gasteiger partial charge is 0.129 e. The number of nitrogens with one attached hydrogen (secondary N) is 1. The van der Waals surface area contributed by atoms with Crippen LogP contribution in [0.25, 0.3) is 0 Å². The summed E-state index contributed by atoms with van der Waals surface area (Å²) in [6, 6.07) is 5.36. The summed E-state index contributed by atoms with van der Waals surface area (Å²) >= 11 is 0. The highest BCUT2D eigenvalue weighted by atomic mass is 15.2.